The monoisotopic (exact) mass is 377 g/mol. The van der Waals surface area contributed by atoms with Gasteiger partial charge in [-0.15, -0.1) is 0 Å². The molecule has 21 heavy (non-hydrogen) atoms. The molecule has 6 heteroatoms. The molecule has 0 radical (unpaired) electrons. The van der Waals surface area contributed by atoms with Crippen LogP contribution in [-0.4, -0.2) is 0 Å². The van der Waals surface area contributed by atoms with Crippen molar-refractivity contribution in [3.05, 3.63) is 63.1 Å². The van der Waals surface area contributed by atoms with Crippen LogP contribution < -0.4 is 5.32 Å². The zero-order valence-corrected chi connectivity index (χ0v) is 13.4. The maximum Gasteiger partial charge on any atom is 0.416 e. The van der Waals surface area contributed by atoms with E-state index in [9.17, 15) is 13.2 Å². The van der Waals surface area contributed by atoms with Gasteiger partial charge in [0.05, 0.1) is 11.3 Å². The first-order valence-corrected chi connectivity index (χ1v) is 7.33. The summed E-state index contributed by atoms with van der Waals surface area (Å²) >= 11 is 9.30. The third kappa shape index (κ3) is 4.14. The Labute approximate surface area is 134 Å². The highest BCUT2D eigenvalue weighted by molar-refractivity contribution is 9.10. The van der Waals surface area contributed by atoms with Gasteiger partial charge in [-0.25, -0.2) is 0 Å². The normalized spacial score (nSPS) is 13.0. The Morgan fingerprint density at radius 3 is 2.52 bits per heavy atom. The van der Waals surface area contributed by atoms with Crippen LogP contribution in [0.2, 0.25) is 5.02 Å². The van der Waals surface area contributed by atoms with Crippen molar-refractivity contribution in [2.24, 2.45) is 0 Å². The van der Waals surface area contributed by atoms with Crippen molar-refractivity contribution < 1.29 is 13.2 Å². The minimum Gasteiger partial charge on any atom is -0.378 e. The minimum atomic E-state index is -4.34. The van der Waals surface area contributed by atoms with Crippen molar-refractivity contribution in [1.82, 2.24) is 0 Å². The number of alkyl halides is 3. The molecule has 0 aliphatic rings. The summed E-state index contributed by atoms with van der Waals surface area (Å²) in [6.07, 6.45) is -4.34. The van der Waals surface area contributed by atoms with E-state index in [0.29, 0.717) is 10.6 Å². The van der Waals surface area contributed by atoms with Gasteiger partial charge in [-0.3, -0.25) is 0 Å². The van der Waals surface area contributed by atoms with E-state index in [-0.39, 0.29) is 6.04 Å². The topological polar surface area (TPSA) is 12.0 Å². The second-order valence-corrected chi connectivity index (χ2v) is 5.90. The average molecular weight is 379 g/mol. The molecule has 1 unspecified atom stereocenters. The van der Waals surface area contributed by atoms with Crippen molar-refractivity contribution in [3.63, 3.8) is 0 Å². The number of hydrogen-bond donors (Lipinski definition) is 1. The van der Waals surface area contributed by atoms with Gasteiger partial charge >= 0.3 is 6.18 Å². The lowest BCUT2D eigenvalue weighted by Gasteiger charge is -2.18. The second kappa shape index (κ2) is 6.28. The molecule has 1 atom stereocenters. The highest BCUT2D eigenvalue weighted by Gasteiger charge is 2.30. The molecule has 1 N–H and O–H groups in total. The molecule has 0 spiro atoms. The summed E-state index contributed by atoms with van der Waals surface area (Å²) in [6, 6.07) is 10.2. The smallest absolute Gasteiger partial charge is 0.378 e. The van der Waals surface area contributed by atoms with Crippen molar-refractivity contribution in [2.45, 2.75) is 19.1 Å². The average Bonchev–Trinajstić information content (AvgIpc) is 2.42. The van der Waals surface area contributed by atoms with Crippen LogP contribution in [0.1, 0.15) is 24.1 Å². The molecule has 0 aromatic heterocycles. The lowest BCUT2D eigenvalue weighted by atomic mass is 10.0. The SMILES string of the molecule is CC(Nc1cc(Cl)ccc1Br)c1cccc(C(F)(F)F)c1. The third-order valence-corrected chi connectivity index (χ3v) is 3.94. The summed E-state index contributed by atoms with van der Waals surface area (Å²) in [6.45, 7) is 1.79. The number of benzene rings is 2. The van der Waals surface area contributed by atoms with Crippen molar-refractivity contribution >= 4 is 33.2 Å². The summed E-state index contributed by atoms with van der Waals surface area (Å²) in [4.78, 5) is 0. The molecule has 2 rings (SSSR count). The largest absolute Gasteiger partial charge is 0.416 e. The molecule has 0 amide bonds. The highest BCUT2D eigenvalue weighted by Crippen LogP contribution is 2.33. The van der Waals surface area contributed by atoms with Gasteiger partial charge in [-0.1, -0.05) is 23.7 Å². The molecule has 0 aliphatic carbocycles. The van der Waals surface area contributed by atoms with E-state index in [4.69, 9.17) is 11.6 Å². The van der Waals surface area contributed by atoms with Crippen molar-refractivity contribution in [1.29, 1.82) is 0 Å². The molecule has 1 nitrogen and oxygen atoms in total. The van der Waals surface area contributed by atoms with E-state index >= 15 is 0 Å². The van der Waals surface area contributed by atoms with E-state index < -0.39 is 11.7 Å². The Morgan fingerprint density at radius 1 is 1.14 bits per heavy atom. The fourth-order valence-electron chi connectivity index (χ4n) is 1.91. The van der Waals surface area contributed by atoms with Crippen LogP contribution in [0, 0.1) is 0 Å². The molecule has 2 aromatic rings. The molecular formula is C15H12BrClF3N. The van der Waals surface area contributed by atoms with Crippen LogP contribution in [0.25, 0.3) is 0 Å². The van der Waals surface area contributed by atoms with Crippen LogP contribution in [0.5, 0.6) is 0 Å². The fourth-order valence-corrected chi connectivity index (χ4v) is 2.44. The molecule has 2 aromatic carbocycles. The molecule has 0 fully saturated rings. The van der Waals surface area contributed by atoms with Crippen LogP contribution >= 0.6 is 27.5 Å². The first-order chi connectivity index (χ1) is 9.77. The number of nitrogens with one attached hydrogen (secondary N) is 1. The van der Waals surface area contributed by atoms with Gasteiger partial charge in [0.1, 0.15) is 0 Å². The summed E-state index contributed by atoms with van der Waals surface area (Å²) in [5.41, 5.74) is 0.628. The van der Waals surface area contributed by atoms with Gasteiger partial charge in [0, 0.05) is 15.5 Å². The zero-order valence-electron chi connectivity index (χ0n) is 11.0. The molecule has 0 aliphatic heterocycles. The van der Waals surface area contributed by atoms with E-state index in [1.165, 1.54) is 6.07 Å². The van der Waals surface area contributed by atoms with Crippen LogP contribution in [0.3, 0.4) is 0 Å². The predicted octanol–water partition coefficient (Wildman–Crippen LogP) is 6.29. The number of halogens is 5. The summed E-state index contributed by atoms with van der Waals surface area (Å²) < 4.78 is 39.0. The lowest BCUT2D eigenvalue weighted by molar-refractivity contribution is -0.137. The Balaban J connectivity index is 2.24. The van der Waals surface area contributed by atoms with Gasteiger partial charge in [0.15, 0.2) is 0 Å². The van der Waals surface area contributed by atoms with Crippen molar-refractivity contribution in [2.75, 3.05) is 5.32 Å². The van der Waals surface area contributed by atoms with Gasteiger partial charge in [0.2, 0.25) is 0 Å². The first-order valence-electron chi connectivity index (χ1n) is 6.16. The molecule has 0 heterocycles. The maximum absolute atomic E-state index is 12.7. The molecule has 0 saturated carbocycles. The van der Waals surface area contributed by atoms with Gasteiger partial charge in [-0.05, 0) is 58.7 Å². The minimum absolute atomic E-state index is 0.290. The van der Waals surface area contributed by atoms with E-state index in [1.54, 1.807) is 31.2 Å². The fraction of sp³-hybridized carbons (Fsp3) is 0.200. The van der Waals surface area contributed by atoms with Gasteiger partial charge < -0.3 is 5.32 Å². The summed E-state index contributed by atoms with van der Waals surface area (Å²) in [5.74, 6) is 0. The molecule has 0 saturated heterocycles. The Bertz CT molecular complexity index is 643. The Kier molecular flexibility index (Phi) is 4.84. The van der Waals surface area contributed by atoms with Crippen molar-refractivity contribution in [3.8, 4) is 0 Å². The second-order valence-electron chi connectivity index (χ2n) is 4.61. The molecule has 112 valence electrons. The van der Waals surface area contributed by atoms with E-state index in [0.717, 1.165) is 22.3 Å². The van der Waals surface area contributed by atoms with Crippen LogP contribution in [-0.2, 0) is 6.18 Å². The van der Waals surface area contributed by atoms with E-state index in [1.807, 2.05) is 0 Å². The quantitative estimate of drug-likeness (QED) is 0.661. The summed E-state index contributed by atoms with van der Waals surface area (Å²) in [5, 5.41) is 3.70. The molecule has 0 bridgehead atoms. The first kappa shape index (κ1) is 16.2. The highest BCUT2D eigenvalue weighted by atomic mass is 79.9. The van der Waals surface area contributed by atoms with Gasteiger partial charge in [-0.2, -0.15) is 13.2 Å². The number of hydrogen-bond acceptors (Lipinski definition) is 1. The number of anilines is 1. The predicted molar refractivity (Wildman–Crippen MR) is 82.6 cm³/mol. The maximum atomic E-state index is 12.7. The Hall–Kier alpha value is -1.20. The third-order valence-electron chi connectivity index (χ3n) is 3.01. The summed E-state index contributed by atoms with van der Waals surface area (Å²) in [7, 11) is 0. The standard InChI is InChI=1S/C15H12BrClF3N/c1-9(21-14-8-12(17)5-6-13(14)16)10-3-2-4-11(7-10)15(18,19)20/h2-9,21H,1H3. The van der Waals surface area contributed by atoms with Gasteiger partial charge in [0.25, 0.3) is 0 Å². The zero-order chi connectivity index (χ0) is 15.6. The van der Waals surface area contributed by atoms with Crippen LogP contribution in [0.4, 0.5) is 18.9 Å². The van der Waals surface area contributed by atoms with E-state index in [2.05, 4.69) is 21.2 Å². The Morgan fingerprint density at radius 2 is 1.86 bits per heavy atom. The lowest BCUT2D eigenvalue weighted by Crippen LogP contribution is -2.10. The molecular weight excluding hydrogens is 367 g/mol. The number of rotatable bonds is 3. The van der Waals surface area contributed by atoms with Crippen LogP contribution in [0.15, 0.2) is 46.9 Å².